The van der Waals surface area contributed by atoms with Crippen LogP contribution in [-0.4, -0.2) is 25.2 Å². The Morgan fingerprint density at radius 2 is 2.00 bits per heavy atom. The van der Waals surface area contributed by atoms with Crippen LogP contribution in [0.25, 0.3) is 0 Å². The lowest BCUT2D eigenvalue weighted by molar-refractivity contribution is -0.144. The first-order valence-electron chi connectivity index (χ1n) is 5.92. The van der Waals surface area contributed by atoms with Crippen LogP contribution < -0.4 is 5.32 Å². The second-order valence-electron chi connectivity index (χ2n) is 4.25. The number of carbonyl (C=O) groups is 1. The van der Waals surface area contributed by atoms with Gasteiger partial charge < -0.3 is 10.1 Å². The van der Waals surface area contributed by atoms with Gasteiger partial charge in [0, 0.05) is 5.54 Å². The Morgan fingerprint density at radius 3 is 2.47 bits per heavy atom. The number of nitrogens with one attached hydrogen (secondary N) is 1. The molecular formula is C12H25NO2. The molecule has 0 aliphatic rings. The van der Waals surface area contributed by atoms with E-state index in [0.29, 0.717) is 13.0 Å². The van der Waals surface area contributed by atoms with Crippen molar-refractivity contribution in [2.45, 2.75) is 58.4 Å². The van der Waals surface area contributed by atoms with Crippen molar-refractivity contribution < 1.29 is 9.53 Å². The van der Waals surface area contributed by atoms with Gasteiger partial charge in [0.05, 0.1) is 13.0 Å². The third kappa shape index (κ3) is 6.50. The molecule has 0 aromatic rings. The molecule has 0 aliphatic heterocycles. The maximum atomic E-state index is 11.4. The van der Waals surface area contributed by atoms with Crippen molar-refractivity contribution in [2.75, 3.05) is 13.7 Å². The van der Waals surface area contributed by atoms with E-state index in [1.807, 2.05) is 14.0 Å². The van der Waals surface area contributed by atoms with Gasteiger partial charge in [0.25, 0.3) is 0 Å². The van der Waals surface area contributed by atoms with Crippen LogP contribution in [0.3, 0.4) is 0 Å². The van der Waals surface area contributed by atoms with Crippen LogP contribution in [0.1, 0.15) is 52.9 Å². The molecule has 0 heterocycles. The van der Waals surface area contributed by atoms with Gasteiger partial charge in [-0.15, -0.1) is 0 Å². The summed E-state index contributed by atoms with van der Waals surface area (Å²) in [5, 5.41) is 3.23. The van der Waals surface area contributed by atoms with Crippen molar-refractivity contribution in [3.63, 3.8) is 0 Å². The van der Waals surface area contributed by atoms with E-state index in [0.717, 1.165) is 12.8 Å². The van der Waals surface area contributed by atoms with Gasteiger partial charge in [0.1, 0.15) is 0 Å². The molecule has 3 nitrogen and oxygen atoms in total. The van der Waals surface area contributed by atoms with Crippen molar-refractivity contribution in [2.24, 2.45) is 0 Å². The Labute approximate surface area is 93.6 Å². The first-order valence-corrected chi connectivity index (χ1v) is 5.92. The highest BCUT2D eigenvalue weighted by atomic mass is 16.5. The van der Waals surface area contributed by atoms with Gasteiger partial charge in [-0.25, -0.2) is 0 Å². The van der Waals surface area contributed by atoms with Gasteiger partial charge in [-0.2, -0.15) is 0 Å². The van der Waals surface area contributed by atoms with Crippen LogP contribution in [0.2, 0.25) is 0 Å². The Morgan fingerprint density at radius 1 is 1.33 bits per heavy atom. The largest absolute Gasteiger partial charge is 0.466 e. The van der Waals surface area contributed by atoms with E-state index in [9.17, 15) is 4.79 Å². The molecular weight excluding hydrogens is 190 g/mol. The molecule has 0 bridgehead atoms. The van der Waals surface area contributed by atoms with Gasteiger partial charge in [-0.1, -0.05) is 26.2 Å². The molecule has 0 saturated carbocycles. The quantitative estimate of drug-likeness (QED) is 0.499. The maximum absolute atomic E-state index is 11.4. The van der Waals surface area contributed by atoms with Crippen LogP contribution in [0.15, 0.2) is 0 Å². The molecule has 0 radical (unpaired) electrons. The summed E-state index contributed by atoms with van der Waals surface area (Å²) in [4.78, 5) is 11.4. The lowest BCUT2D eigenvalue weighted by atomic mass is 9.91. The molecule has 0 rings (SSSR count). The standard InChI is InChI=1S/C12H25NO2/c1-5-7-8-9-12(3,13-4)10-11(14)15-6-2/h13H,5-10H2,1-4H3. The van der Waals surface area contributed by atoms with Crippen LogP contribution >= 0.6 is 0 Å². The topological polar surface area (TPSA) is 38.3 Å². The molecule has 1 N–H and O–H groups in total. The van der Waals surface area contributed by atoms with E-state index >= 15 is 0 Å². The average Bonchev–Trinajstić information content (AvgIpc) is 2.18. The summed E-state index contributed by atoms with van der Waals surface area (Å²) in [7, 11) is 1.91. The highest BCUT2D eigenvalue weighted by Crippen LogP contribution is 2.18. The predicted molar refractivity (Wildman–Crippen MR) is 62.9 cm³/mol. The van der Waals surface area contributed by atoms with E-state index in [4.69, 9.17) is 4.74 Å². The summed E-state index contributed by atoms with van der Waals surface area (Å²) in [5.74, 6) is -0.106. The number of ether oxygens (including phenoxy) is 1. The maximum Gasteiger partial charge on any atom is 0.307 e. The lowest BCUT2D eigenvalue weighted by Gasteiger charge is -2.28. The average molecular weight is 215 g/mol. The predicted octanol–water partition coefficient (Wildman–Crippen LogP) is 2.50. The molecule has 0 aliphatic carbocycles. The van der Waals surface area contributed by atoms with Crippen molar-refractivity contribution in [1.82, 2.24) is 5.32 Å². The Hall–Kier alpha value is -0.570. The monoisotopic (exact) mass is 215 g/mol. The number of unbranched alkanes of at least 4 members (excludes halogenated alkanes) is 2. The zero-order valence-electron chi connectivity index (χ0n) is 10.6. The van der Waals surface area contributed by atoms with Crippen molar-refractivity contribution in [1.29, 1.82) is 0 Å². The summed E-state index contributed by atoms with van der Waals surface area (Å²) >= 11 is 0. The third-order valence-corrected chi connectivity index (χ3v) is 2.78. The van der Waals surface area contributed by atoms with E-state index in [1.165, 1.54) is 12.8 Å². The normalized spacial score (nSPS) is 14.7. The van der Waals surface area contributed by atoms with Gasteiger partial charge in [0.15, 0.2) is 0 Å². The van der Waals surface area contributed by atoms with Crippen LogP contribution in [0.4, 0.5) is 0 Å². The van der Waals surface area contributed by atoms with Crippen molar-refractivity contribution in [3.05, 3.63) is 0 Å². The Kier molecular flexibility index (Phi) is 7.39. The summed E-state index contributed by atoms with van der Waals surface area (Å²) in [6, 6.07) is 0. The lowest BCUT2D eigenvalue weighted by Crippen LogP contribution is -2.42. The van der Waals surface area contributed by atoms with Gasteiger partial charge >= 0.3 is 5.97 Å². The Bertz CT molecular complexity index is 182. The van der Waals surface area contributed by atoms with E-state index in [2.05, 4.69) is 19.2 Å². The number of carbonyl (C=O) groups excluding carboxylic acids is 1. The second-order valence-corrected chi connectivity index (χ2v) is 4.25. The molecule has 1 unspecified atom stereocenters. The fraction of sp³-hybridized carbons (Fsp3) is 0.917. The van der Waals surface area contributed by atoms with Gasteiger partial charge in [-0.3, -0.25) is 4.79 Å². The molecule has 0 amide bonds. The minimum Gasteiger partial charge on any atom is -0.466 e. The molecule has 1 atom stereocenters. The summed E-state index contributed by atoms with van der Waals surface area (Å²) < 4.78 is 4.97. The molecule has 0 spiro atoms. The molecule has 0 fully saturated rings. The number of rotatable bonds is 8. The van der Waals surface area contributed by atoms with E-state index in [-0.39, 0.29) is 11.5 Å². The first kappa shape index (κ1) is 14.4. The van der Waals surface area contributed by atoms with E-state index in [1.54, 1.807) is 0 Å². The zero-order valence-corrected chi connectivity index (χ0v) is 10.6. The minimum atomic E-state index is -0.110. The Balaban J connectivity index is 3.99. The summed E-state index contributed by atoms with van der Waals surface area (Å²) in [5.41, 5.74) is -0.110. The summed E-state index contributed by atoms with van der Waals surface area (Å²) in [6.07, 6.45) is 5.07. The molecule has 15 heavy (non-hydrogen) atoms. The number of hydrogen-bond donors (Lipinski definition) is 1. The van der Waals surface area contributed by atoms with Crippen molar-refractivity contribution >= 4 is 5.97 Å². The molecule has 0 aromatic carbocycles. The highest BCUT2D eigenvalue weighted by Gasteiger charge is 2.25. The minimum absolute atomic E-state index is 0.106. The molecule has 0 saturated heterocycles. The number of esters is 1. The van der Waals surface area contributed by atoms with E-state index < -0.39 is 0 Å². The smallest absolute Gasteiger partial charge is 0.307 e. The van der Waals surface area contributed by atoms with Gasteiger partial charge in [-0.05, 0) is 27.3 Å². The zero-order chi connectivity index (χ0) is 11.7. The fourth-order valence-corrected chi connectivity index (χ4v) is 1.60. The summed E-state index contributed by atoms with van der Waals surface area (Å²) in [6.45, 7) is 6.57. The highest BCUT2D eigenvalue weighted by molar-refractivity contribution is 5.70. The van der Waals surface area contributed by atoms with Crippen LogP contribution in [0, 0.1) is 0 Å². The third-order valence-electron chi connectivity index (χ3n) is 2.78. The molecule has 0 aromatic heterocycles. The van der Waals surface area contributed by atoms with Crippen LogP contribution in [-0.2, 0) is 9.53 Å². The molecule has 3 heteroatoms. The second kappa shape index (κ2) is 7.69. The van der Waals surface area contributed by atoms with Crippen LogP contribution in [0.5, 0.6) is 0 Å². The van der Waals surface area contributed by atoms with Gasteiger partial charge in [0.2, 0.25) is 0 Å². The fourth-order valence-electron chi connectivity index (χ4n) is 1.60. The first-order chi connectivity index (χ1) is 7.08. The number of hydrogen-bond acceptors (Lipinski definition) is 3. The van der Waals surface area contributed by atoms with Crippen molar-refractivity contribution in [3.8, 4) is 0 Å². The SMILES string of the molecule is CCCCCC(C)(CC(=O)OCC)NC. The molecule has 90 valence electrons.